The van der Waals surface area contributed by atoms with Crippen LogP contribution in [0.25, 0.3) is 0 Å². The average molecular weight is 312 g/mol. The maximum Gasteiger partial charge on any atom is 0.314 e. The second-order valence-corrected chi connectivity index (χ2v) is 5.67. The van der Waals surface area contributed by atoms with Gasteiger partial charge < -0.3 is 20.7 Å². The summed E-state index contributed by atoms with van der Waals surface area (Å²) in [5, 5.41) is 4.15. The van der Waals surface area contributed by atoms with Crippen molar-refractivity contribution in [2.24, 2.45) is 5.73 Å². The number of nitrogens with zero attached hydrogens (tertiary/aromatic N) is 1. The monoisotopic (exact) mass is 311 g/mol. The third-order valence-corrected chi connectivity index (χ3v) is 3.80. The van der Waals surface area contributed by atoms with Crippen molar-refractivity contribution in [2.45, 2.75) is 32.2 Å². The highest BCUT2D eigenvalue weighted by molar-refractivity contribution is 6.30. The van der Waals surface area contributed by atoms with Crippen LogP contribution in [-0.4, -0.2) is 36.7 Å². The van der Waals surface area contributed by atoms with E-state index in [0.717, 1.165) is 30.7 Å². The van der Waals surface area contributed by atoms with Gasteiger partial charge in [0.25, 0.3) is 0 Å². The predicted octanol–water partition coefficient (Wildman–Crippen LogP) is 3.08. The lowest BCUT2D eigenvalue weighted by Gasteiger charge is -2.32. The Morgan fingerprint density at radius 3 is 2.81 bits per heavy atom. The summed E-state index contributed by atoms with van der Waals surface area (Å²) in [6, 6.07) is 5.55. The summed E-state index contributed by atoms with van der Waals surface area (Å²) in [4.78, 5) is 12.8. The van der Waals surface area contributed by atoms with Gasteiger partial charge in [-0.05, 0) is 37.5 Å². The van der Waals surface area contributed by atoms with Crippen molar-refractivity contribution in [3.63, 3.8) is 0 Å². The Labute approximate surface area is 130 Å². The van der Waals surface area contributed by atoms with E-state index in [2.05, 4.69) is 12.2 Å². The van der Waals surface area contributed by atoms with Gasteiger partial charge in [0.15, 0.2) is 0 Å². The molecule has 2 rings (SSSR count). The van der Waals surface area contributed by atoms with E-state index in [4.69, 9.17) is 22.1 Å². The number of benzene rings is 1. The molecule has 6 heteroatoms. The zero-order chi connectivity index (χ0) is 15.2. The van der Waals surface area contributed by atoms with Crippen molar-refractivity contribution in [2.75, 3.05) is 25.0 Å². The van der Waals surface area contributed by atoms with Crippen molar-refractivity contribution < 1.29 is 9.53 Å². The first-order valence-electron chi connectivity index (χ1n) is 7.33. The number of halogens is 1. The highest BCUT2D eigenvalue weighted by atomic mass is 35.5. The number of carbonyl (C=O) groups excluding carboxylic acids is 1. The third-order valence-electron chi connectivity index (χ3n) is 3.57. The molecule has 1 saturated heterocycles. The lowest BCUT2D eigenvalue weighted by molar-refractivity contribution is 0.193. The fourth-order valence-electron chi connectivity index (χ4n) is 2.42. The van der Waals surface area contributed by atoms with Crippen LogP contribution in [0.1, 0.15) is 26.2 Å². The number of anilines is 1. The minimum Gasteiger partial charge on any atom is -0.491 e. The molecule has 1 fully saturated rings. The fourth-order valence-corrected chi connectivity index (χ4v) is 2.59. The number of urea groups is 1. The molecule has 3 N–H and O–H groups in total. The normalized spacial score (nSPS) is 15.8. The molecule has 1 aliphatic heterocycles. The predicted molar refractivity (Wildman–Crippen MR) is 85.0 cm³/mol. The average Bonchev–Trinajstić information content (AvgIpc) is 2.47. The van der Waals surface area contributed by atoms with E-state index in [9.17, 15) is 4.79 Å². The van der Waals surface area contributed by atoms with Gasteiger partial charge in [0.2, 0.25) is 0 Å². The molecule has 0 aromatic heterocycles. The van der Waals surface area contributed by atoms with Crippen molar-refractivity contribution in [3.8, 4) is 5.75 Å². The summed E-state index contributed by atoms with van der Waals surface area (Å²) in [7, 11) is 0. The first-order valence-corrected chi connectivity index (χ1v) is 7.71. The van der Waals surface area contributed by atoms with Crippen LogP contribution in [0.15, 0.2) is 18.2 Å². The van der Waals surface area contributed by atoms with E-state index in [-0.39, 0.29) is 6.03 Å². The smallest absolute Gasteiger partial charge is 0.314 e. The van der Waals surface area contributed by atoms with Crippen LogP contribution < -0.4 is 15.8 Å². The van der Waals surface area contributed by atoms with E-state index < -0.39 is 0 Å². The zero-order valence-corrected chi connectivity index (χ0v) is 13.0. The van der Waals surface area contributed by atoms with Crippen LogP contribution in [0, 0.1) is 0 Å². The van der Waals surface area contributed by atoms with Crippen LogP contribution in [0.3, 0.4) is 0 Å². The maximum absolute atomic E-state index is 11.1. The minimum absolute atomic E-state index is 0.294. The summed E-state index contributed by atoms with van der Waals surface area (Å²) in [5.74, 6) is 0.818. The Morgan fingerprint density at radius 2 is 2.19 bits per heavy atom. The Kier molecular flexibility index (Phi) is 5.56. The topological polar surface area (TPSA) is 67.6 Å². The molecule has 5 nitrogen and oxygen atoms in total. The number of hydrogen-bond donors (Lipinski definition) is 2. The van der Waals surface area contributed by atoms with Crippen LogP contribution in [0.5, 0.6) is 5.75 Å². The van der Waals surface area contributed by atoms with Gasteiger partial charge in [-0.15, -0.1) is 0 Å². The van der Waals surface area contributed by atoms with Crippen LogP contribution in [-0.2, 0) is 0 Å². The number of rotatable bonds is 5. The largest absolute Gasteiger partial charge is 0.491 e. The number of nitrogens with one attached hydrogen (secondary N) is 1. The van der Waals surface area contributed by atoms with Crippen LogP contribution in [0.2, 0.25) is 5.02 Å². The Hall–Kier alpha value is -1.62. The van der Waals surface area contributed by atoms with E-state index in [0.29, 0.717) is 30.8 Å². The zero-order valence-electron chi connectivity index (χ0n) is 12.3. The second kappa shape index (κ2) is 7.41. The number of piperidine rings is 1. The van der Waals surface area contributed by atoms with Crippen molar-refractivity contribution in [3.05, 3.63) is 23.2 Å². The molecule has 1 heterocycles. The van der Waals surface area contributed by atoms with E-state index in [1.807, 2.05) is 18.2 Å². The maximum atomic E-state index is 11.1. The van der Waals surface area contributed by atoms with Gasteiger partial charge >= 0.3 is 6.03 Å². The number of amides is 2. The lowest BCUT2D eigenvalue weighted by atomic mass is 10.0. The Balaban J connectivity index is 1.99. The van der Waals surface area contributed by atoms with Crippen molar-refractivity contribution in [1.29, 1.82) is 0 Å². The molecule has 1 aromatic carbocycles. The molecule has 0 atom stereocenters. The number of primary amides is 1. The molecule has 0 aliphatic carbocycles. The number of nitrogens with two attached hydrogens (primary N) is 1. The van der Waals surface area contributed by atoms with E-state index >= 15 is 0 Å². The van der Waals surface area contributed by atoms with Crippen LogP contribution in [0.4, 0.5) is 10.5 Å². The van der Waals surface area contributed by atoms with Gasteiger partial charge in [-0.3, -0.25) is 0 Å². The molecule has 1 aromatic rings. The van der Waals surface area contributed by atoms with Gasteiger partial charge in [0, 0.05) is 24.2 Å². The standard InChI is InChI=1S/C15H22ClN3O2/c1-2-9-21-14-4-3-11(16)10-13(14)18-12-5-7-19(8-6-12)15(17)20/h3-4,10,12,18H,2,5-9H2,1H3,(H2,17,20). The molecule has 21 heavy (non-hydrogen) atoms. The summed E-state index contributed by atoms with van der Waals surface area (Å²) in [6.07, 6.45) is 2.68. The molecule has 0 bridgehead atoms. The van der Waals surface area contributed by atoms with Gasteiger partial charge in [-0.1, -0.05) is 18.5 Å². The fraction of sp³-hybridized carbons (Fsp3) is 0.533. The molecule has 0 unspecified atom stereocenters. The molecular weight excluding hydrogens is 290 g/mol. The van der Waals surface area contributed by atoms with Gasteiger partial charge in [0.1, 0.15) is 5.75 Å². The SMILES string of the molecule is CCCOc1ccc(Cl)cc1NC1CCN(C(N)=O)CC1. The highest BCUT2D eigenvalue weighted by Gasteiger charge is 2.21. The summed E-state index contributed by atoms with van der Waals surface area (Å²) in [5.41, 5.74) is 6.20. The molecule has 0 spiro atoms. The quantitative estimate of drug-likeness (QED) is 0.878. The summed E-state index contributed by atoms with van der Waals surface area (Å²) < 4.78 is 5.74. The molecule has 0 radical (unpaired) electrons. The van der Waals surface area contributed by atoms with Gasteiger partial charge in [0.05, 0.1) is 12.3 Å². The van der Waals surface area contributed by atoms with Crippen LogP contribution >= 0.6 is 11.6 Å². The lowest BCUT2D eigenvalue weighted by Crippen LogP contribution is -2.44. The van der Waals surface area contributed by atoms with Gasteiger partial charge in [-0.25, -0.2) is 4.79 Å². The molecule has 116 valence electrons. The first-order chi connectivity index (χ1) is 10.1. The van der Waals surface area contributed by atoms with E-state index in [1.165, 1.54) is 0 Å². The van der Waals surface area contributed by atoms with Crippen molar-refractivity contribution in [1.82, 2.24) is 4.90 Å². The first kappa shape index (κ1) is 15.8. The summed E-state index contributed by atoms with van der Waals surface area (Å²) in [6.45, 7) is 4.11. The number of hydrogen-bond acceptors (Lipinski definition) is 3. The minimum atomic E-state index is -0.344. The number of carbonyl (C=O) groups is 1. The number of ether oxygens (including phenoxy) is 1. The third kappa shape index (κ3) is 4.43. The molecular formula is C15H22ClN3O2. The van der Waals surface area contributed by atoms with Crippen molar-refractivity contribution >= 4 is 23.3 Å². The molecule has 1 aliphatic rings. The van der Waals surface area contributed by atoms with Gasteiger partial charge in [-0.2, -0.15) is 0 Å². The number of likely N-dealkylation sites (tertiary alicyclic amines) is 1. The molecule has 2 amide bonds. The summed E-state index contributed by atoms with van der Waals surface area (Å²) >= 11 is 6.07. The Morgan fingerprint density at radius 1 is 1.48 bits per heavy atom. The second-order valence-electron chi connectivity index (χ2n) is 5.23. The van der Waals surface area contributed by atoms with E-state index in [1.54, 1.807) is 4.90 Å². The molecule has 0 saturated carbocycles. The Bertz CT molecular complexity index is 488. The highest BCUT2D eigenvalue weighted by Crippen LogP contribution is 2.30.